The van der Waals surface area contributed by atoms with Crippen molar-refractivity contribution in [3.8, 4) is 0 Å². The molecule has 0 bridgehead atoms. The quantitative estimate of drug-likeness (QED) is 0.702. The highest BCUT2D eigenvalue weighted by Gasteiger charge is 2.34. The van der Waals surface area contributed by atoms with E-state index < -0.39 is 6.10 Å². The van der Waals surface area contributed by atoms with E-state index in [-0.39, 0.29) is 11.8 Å². The van der Waals surface area contributed by atoms with E-state index in [1.165, 1.54) is 6.42 Å². The van der Waals surface area contributed by atoms with Crippen molar-refractivity contribution in [1.29, 1.82) is 0 Å². The van der Waals surface area contributed by atoms with Gasteiger partial charge in [-0.1, -0.05) is 19.3 Å². The van der Waals surface area contributed by atoms with Crippen LogP contribution in [0, 0.1) is 5.92 Å². The molecule has 1 aliphatic heterocycles. The van der Waals surface area contributed by atoms with Gasteiger partial charge in [0.05, 0.1) is 13.2 Å². The van der Waals surface area contributed by atoms with Gasteiger partial charge >= 0.3 is 0 Å². The fourth-order valence-electron chi connectivity index (χ4n) is 2.83. The Labute approximate surface area is 107 Å². The van der Waals surface area contributed by atoms with Crippen LogP contribution in [-0.4, -0.2) is 49.7 Å². The highest BCUT2D eigenvalue weighted by atomic mass is 16.5. The van der Waals surface area contributed by atoms with Gasteiger partial charge in [0, 0.05) is 19.0 Å². The monoisotopic (exact) mass is 255 g/mol. The minimum Gasteiger partial charge on any atom is -0.454 e. The van der Waals surface area contributed by atoms with Crippen molar-refractivity contribution in [3.05, 3.63) is 0 Å². The summed E-state index contributed by atoms with van der Waals surface area (Å²) >= 11 is 0. The van der Waals surface area contributed by atoms with Gasteiger partial charge in [0.15, 0.2) is 6.10 Å². The van der Waals surface area contributed by atoms with Crippen LogP contribution >= 0.6 is 0 Å². The highest BCUT2D eigenvalue weighted by molar-refractivity contribution is 5.82. The summed E-state index contributed by atoms with van der Waals surface area (Å²) in [6.45, 7) is 2.76. The average molecular weight is 255 g/mol. The van der Waals surface area contributed by atoms with Crippen LogP contribution in [0.3, 0.4) is 0 Å². The maximum atomic E-state index is 12.4. The SMILES string of the molecule is O=CO[C@H](C(=O)N1CCOCC1)C1CCCCC1. The smallest absolute Gasteiger partial charge is 0.293 e. The van der Waals surface area contributed by atoms with E-state index in [2.05, 4.69) is 0 Å². The summed E-state index contributed by atoms with van der Waals surface area (Å²) in [7, 11) is 0. The standard InChI is InChI=1S/C13H21NO4/c15-10-18-12(11-4-2-1-3-5-11)13(16)14-6-8-17-9-7-14/h10-12H,1-9H2/t12-/m0/s1. The summed E-state index contributed by atoms with van der Waals surface area (Å²) in [4.78, 5) is 24.8. The molecule has 18 heavy (non-hydrogen) atoms. The van der Waals surface area contributed by atoms with E-state index in [4.69, 9.17) is 9.47 Å². The Balaban J connectivity index is 1.98. The van der Waals surface area contributed by atoms with Crippen molar-refractivity contribution in [2.75, 3.05) is 26.3 Å². The molecule has 0 aromatic heterocycles. The summed E-state index contributed by atoms with van der Waals surface area (Å²) in [5.74, 6) is 0.150. The molecule has 0 aromatic carbocycles. The first-order chi connectivity index (χ1) is 8.83. The van der Waals surface area contributed by atoms with Gasteiger partial charge in [-0.25, -0.2) is 0 Å². The molecule has 1 saturated carbocycles. The van der Waals surface area contributed by atoms with Crippen molar-refractivity contribution >= 4 is 12.4 Å². The predicted octanol–water partition coefficient (Wildman–Crippen LogP) is 0.967. The van der Waals surface area contributed by atoms with E-state index in [9.17, 15) is 9.59 Å². The van der Waals surface area contributed by atoms with Crippen molar-refractivity contribution < 1.29 is 19.1 Å². The lowest BCUT2D eigenvalue weighted by molar-refractivity contribution is -0.158. The molecule has 2 fully saturated rings. The first-order valence-electron chi connectivity index (χ1n) is 6.78. The Morgan fingerprint density at radius 1 is 1.22 bits per heavy atom. The topological polar surface area (TPSA) is 55.8 Å². The van der Waals surface area contributed by atoms with Crippen molar-refractivity contribution in [1.82, 2.24) is 4.90 Å². The Morgan fingerprint density at radius 2 is 1.89 bits per heavy atom. The van der Waals surface area contributed by atoms with E-state index in [1.807, 2.05) is 0 Å². The number of ether oxygens (including phenoxy) is 2. The van der Waals surface area contributed by atoms with Gasteiger partial charge in [-0.2, -0.15) is 0 Å². The maximum Gasteiger partial charge on any atom is 0.293 e. The van der Waals surface area contributed by atoms with Crippen LogP contribution in [0.25, 0.3) is 0 Å². The van der Waals surface area contributed by atoms with Gasteiger partial charge in [0.1, 0.15) is 0 Å². The zero-order valence-corrected chi connectivity index (χ0v) is 10.7. The number of rotatable bonds is 4. The molecule has 1 saturated heterocycles. The van der Waals surface area contributed by atoms with E-state index >= 15 is 0 Å². The summed E-state index contributed by atoms with van der Waals surface area (Å²) in [5.41, 5.74) is 0. The second-order valence-corrected chi connectivity index (χ2v) is 4.99. The second kappa shape index (κ2) is 6.73. The zero-order chi connectivity index (χ0) is 12.8. The lowest BCUT2D eigenvalue weighted by Gasteiger charge is -2.34. The minimum absolute atomic E-state index is 0.0442. The number of nitrogens with zero attached hydrogens (tertiary/aromatic N) is 1. The summed E-state index contributed by atoms with van der Waals surface area (Å²) in [6, 6.07) is 0. The maximum absolute atomic E-state index is 12.4. The van der Waals surface area contributed by atoms with Crippen molar-refractivity contribution in [2.24, 2.45) is 5.92 Å². The van der Waals surface area contributed by atoms with Gasteiger partial charge in [-0.15, -0.1) is 0 Å². The summed E-state index contributed by atoms with van der Waals surface area (Å²) in [5, 5.41) is 0. The van der Waals surface area contributed by atoms with Crippen LogP contribution in [0.4, 0.5) is 0 Å². The van der Waals surface area contributed by atoms with Gasteiger partial charge in [0.25, 0.3) is 12.4 Å². The summed E-state index contributed by atoms with van der Waals surface area (Å²) < 4.78 is 10.3. The average Bonchev–Trinajstić information content (AvgIpc) is 2.46. The van der Waals surface area contributed by atoms with Gasteiger partial charge in [-0.3, -0.25) is 9.59 Å². The third-order valence-corrected chi connectivity index (χ3v) is 3.85. The molecule has 1 aliphatic carbocycles. The third kappa shape index (κ3) is 3.22. The Morgan fingerprint density at radius 3 is 2.50 bits per heavy atom. The van der Waals surface area contributed by atoms with Crippen LogP contribution < -0.4 is 0 Å². The molecule has 1 heterocycles. The Bertz CT molecular complexity index is 283. The lowest BCUT2D eigenvalue weighted by Crippen LogP contribution is -2.49. The van der Waals surface area contributed by atoms with Crippen LogP contribution in [0.2, 0.25) is 0 Å². The number of carbonyl (C=O) groups excluding carboxylic acids is 2. The normalized spacial score (nSPS) is 23.4. The van der Waals surface area contributed by atoms with Crippen molar-refractivity contribution in [3.63, 3.8) is 0 Å². The first-order valence-corrected chi connectivity index (χ1v) is 6.78. The molecule has 0 unspecified atom stereocenters. The molecule has 0 radical (unpaired) electrons. The van der Waals surface area contributed by atoms with E-state index in [1.54, 1.807) is 4.90 Å². The first kappa shape index (κ1) is 13.3. The fourth-order valence-corrected chi connectivity index (χ4v) is 2.83. The molecule has 2 rings (SSSR count). The number of morpholine rings is 1. The number of carbonyl (C=O) groups is 2. The molecule has 102 valence electrons. The van der Waals surface area contributed by atoms with Crippen LogP contribution in [0.1, 0.15) is 32.1 Å². The molecule has 5 heteroatoms. The molecule has 0 aromatic rings. The highest BCUT2D eigenvalue weighted by Crippen LogP contribution is 2.28. The largest absolute Gasteiger partial charge is 0.454 e. The minimum atomic E-state index is -0.583. The molecule has 0 N–H and O–H groups in total. The number of amides is 1. The van der Waals surface area contributed by atoms with Crippen molar-refractivity contribution in [2.45, 2.75) is 38.2 Å². The molecule has 5 nitrogen and oxygen atoms in total. The molecule has 0 spiro atoms. The zero-order valence-electron chi connectivity index (χ0n) is 10.7. The Hall–Kier alpha value is -1.10. The lowest BCUT2D eigenvalue weighted by atomic mass is 9.84. The van der Waals surface area contributed by atoms with Crippen LogP contribution in [-0.2, 0) is 19.1 Å². The van der Waals surface area contributed by atoms with Gasteiger partial charge in [-0.05, 0) is 12.8 Å². The number of hydrogen-bond acceptors (Lipinski definition) is 4. The third-order valence-electron chi connectivity index (χ3n) is 3.85. The van der Waals surface area contributed by atoms with Crippen LogP contribution in [0.5, 0.6) is 0 Å². The second-order valence-electron chi connectivity index (χ2n) is 4.99. The molecule has 1 atom stereocenters. The van der Waals surface area contributed by atoms with Crippen LogP contribution in [0.15, 0.2) is 0 Å². The van der Waals surface area contributed by atoms with Gasteiger partial charge in [0.2, 0.25) is 0 Å². The van der Waals surface area contributed by atoms with Gasteiger partial charge < -0.3 is 14.4 Å². The molecular weight excluding hydrogens is 234 g/mol. The fraction of sp³-hybridized carbons (Fsp3) is 0.846. The summed E-state index contributed by atoms with van der Waals surface area (Å²) in [6.07, 6.45) is 4.85. The Kier molecular flexibility index (Phi) is 4.99. The molecular formula is C13H21NO4. The molecule has 1 amide bonds. The molecule has 2 aliphatic rings. The predicted molar refractivity (Wildman–Crippen MR) is 64.9 cm³/mol. The van der Waals surface area contributed by atoms with E-state index in [0.717, 1.165) is 25.7 Å². The van der Waals surface area contributed by atoms with E-state index in [0.29, 0.717) is 32.8 Å². The number of hydrogen-bond donors (Lipinski definition) is 0.